The van der Waals surface area contributed by atoms with E-state index in [1.807, 2.05) is 6.07 Å². The Labute approximate surface area is 122 Å². The lowest BCUT2D eigenvalue weighted by Crippen LogP contribution is -1.96. The monoisotopic (exact) mass is 288 g/mol. The van der Waals surface area contributed by atoms with Gasteiger partial charge in [-0.05, 0) is 37.1 Å². The third-order valence-corrected chi connectivity index (χ3v) is 4.26. The second kappa shape index (κ2) is 5.96. The van der Waals surface area contributed by atoms with Gasteiger partial charge in [-0.25, -0.2) is 0 Å². The average Bonchev–Trinajstić information content (AvgIpc) is 2.41. The van der Waals surface area contributed by atoms with Crippen LogP contribution in [-0.2, 0) is 5.75 Å². The van der Waals surface area contributed by atoms with Crippen LogP contribution in [-0.4, -0.2) is 4.92 Å². The maximum atomic E-state index is 10.9. The van der Waals surface area contributed by atoms with E-state index in [1.54, 1.807) is 23.9 Å². The Kier molecular flexibility index (Phi) is 4.29. The van der Waals surface area contributed by atoms with Crippen LogP contribution in [0.15, 0.2) is 41.3 Å². The maximum absolute atomic E-state index is 10.9. The largest absolute Gasteiger partial charge is 0.393 e. The number of aryl methyl sites for hydroxylation is 2. The van der Waals surface area contributed by atoms with Gasteiger partial charge in [-0.2, -0.15) is 0 Å². The summed E-state index contributed by atoms with van der Waals surface area (Å²) in [6, 6.07) is 11.3. The molecule has 0 heterocycles. The van der Waals surface area contributed by atoms with Crippen molar-refractivity contribution in [1.82, 2.24) is 0 Å². The molecular weight excluding hydrogens is 272 g/mol. The number of hydrogen-bond donors (Lipinski definition) is 1. The molecule has 0 aromatic heterocycles. The minimum absolute atomic E-state index is 0.0240. The highest BCUT2D eigenvalue weighted by Gasteiger charge is 2.12. The fourth-order valence-corrected chi connectivity index (χ4v) is 2.93. The van der Waals surface area contributed by atoms with Gasteiger partial charge in [0.1, 0.15) is 5.69 Å². The molecule has 0 aliphatic carbocycles. The normalized spacial score (nSPS) is 10.5. The standard InChI is InChI=1S/C15H16N2O2S/c1-10-3-4-11(2)15(7-10)20-9-12-5-6-13(16)14(8-12)17(18)19/h3-8H,9,16H2,1-2H3. The smallest absolute Gasteiger partial charge is 0.292 e. The Morgan fingerprint density at radius 1 is 1.20 bits per heavy atom. The zero-order valence-corrected chi connectivity index (χ0v) is 12.2. The van der Waals surface area contributed by atoms with E-state index in [0.29, 0.717) is 5.75 Å². The van der Waals surface area contributed by atoms with E-state index in [0.717, 1.165) is 5.56 Å². The summed E-state index contributed by atoms with van der Waals surface area (Å²) in [5.74, 6) is 0.686. The fourth-order valence-electron chi connectivity index (χ4n) is 1.86. The summed E-state index contributed by atoms with van der Waals surface area (Å²) < 4.78 is 0. The van der Waals surface area contributed by atoms with Crippen molar-refractivity contribution in [3.63, 3.8) is 0 Å². The number of anilines is 1. The Bertz CT molecular complexity index is 656. The SMILES string of the molecule is Cc1ccc(C)c(SCc2ccc(N)c([N+](=O)[O-])c2)c1. The predicted molar refractivity (Wildman–Crippen MR) is 83.0 cm³/mol. The molecule has 2 aromatic carbocycles. The van der Waals surface area contributed by atoms with Crippen molar-refractivity contribution in [2.45, 2.75) is 24.5 Å². The lowest BCUT2D eigenvalue weighted by molar-refractivity contribution is -0.383. The van der Waals surface area contributed by atoms with Crippen molar-refractivity contribution in [2.75, 3.05) is 5.73 Å². The molecule has 0 fully saturated rings. The first-order chi connectivity index (χ1) is 9.47. The summed E-state index contributed by atoms with van der Waals surface area (Å²) in [5, 5.41) is 10.9. The number of rotatable bonds is 4. The first-order valence-corrected chi connectivity index (χ1v) is 7.19. The summed E-state index contributed by atoms with van der Waals surface area (Å²) in [6.07, 6.45) is 0. The predicted octanol–water partition coefficient (Wildman–Crippen LogP) is 4.09. The molecule has 0 aliphatic heterocycles. The zero-order chi connectivity index (χ0) is 14.7. The highest BCUT2D eigenvalue weighted by Crippen LogP contribution is 2.29. The number of thioether (sulfide) groups is 1. The Balaban J connectivity index is 2.17. The van der Waals surface area contributed by atoms with Crippen LogP contribution in [0.2, 0.25) is 0 Å². The summed E-state index contributed by atoms with van der Waals surface area (Å²) in [7, 11) is 0. The topological polar surface area (TPSA) is 69.2 Å². The first-order valence-electron chi connectivity index (χ1n) is 6.20. The quantitative estimate of drug-likeness (QED) is 0.398. The number of nitrogen functional groups attached to an aromatic ring is 1. The molecule has 2 aromatic rings. The maximum Gasteiger partial charge on any atom is 0.292 e. The first kappa shape index (κ1) is 14.4. The molecule has 0 aliphatic rings. The van der Waals surface area contributed by atoms with Gasteiger partial charge in [-0.15, -0.1) is 11.8 Å². The van der Waals surface area contributed by atoms with Crippen LogP contribution in [0.3, 0.4) is 0 Å². The van der Waals surface area contributed by atoms with Crippen LogP contribution in [0.4, 0.5) is 11.4 Å². The molecule has 0 saturated heterocycles. The van der Waals surface area contributed by atoms with E-state index >= 15 is 0 Å². The molecule has 0 radical (unpaired) electrons. The second-order valence-electron chi connectivity index (χ2n) is 4.71. The molecule has 0 spiro atoms. The summed E-state index contributed by atoms with van der Waals surface area (Å²) >= 11 is 1.68. The second-order valence-corrected chi connectivity index (χ2v) is 5.73. The molecule has 0 atom stereocenters. The summed E-state index contributed by atoms with van der Waals surface area (Å²) in [6.45, 7) is 4.12. The Hall–Kier alpha value is -2.01. The average molecular weight is 288 g/mol. The van der Waals surface area contributed by atoms with Crippen molar-refractivity contribution >= 4 is 23.1 Å². The van der Waals surface area contributed by atoms with Gasteiger partial charge in [0.25, 0.3) is 5.69 Å². The van der Waals surface area contributed by atoms with Crippen LogP contribution in [0.1, 0.15) is 16.7 Å². The van der Waals surface area contributed by atoms with Gasteiger partial charge in [0.15, 0.2) is 0 Å². The van der Waals surface area contributed by atoms with Crippen LogP contribution < -0.4 is 5.73 Å². The van der Waals surface area contributed by atoms with Crippen molar-refractivity contribution in [3.05, 3.63) is 63.2 Å². The van der Waals surface area contributed by atoms with E-state index in [9.17, 15) is 10.1 Å². The number of nitro benzene ring substituents is 1. The molecule has 2 N–H and O–H groups in total. The van der Waals surface area contributed by atoms with E-state index in [4.69, 9.17) is 5.73 Å². The van der Waals surface area contributed by atoms with E-state index in [-0.39, 0.29) is 11.4 Å². The molecule has 0 unspecified atom stereocenters. The Morgan fingerprint density at radius 3 is 2.65 bits per heavy atom. The number of benzene rings is 2. The zero-order valence-electron chi connectivity index (χ0n) is 11.4. The molecule has 0 saturated carbocycles. The third kappa shape index (κ3) is 3.30. The molecule has 0 bridgehead atoms. The minimum Gasteiger partial charge on any atom is -0.393 e. The van der Waals surface area contributed by atoms with Crippen LogP contribution >= 0.6 is 11.8 Å². The van der Waals surface area contributed by atoms with E-state index < -0.39 is 4.92 Å². The number of nitrogens with zero attached hydrogens (tertiary/aromatic N) is 1. The van der Waals surface area contributed by atoms with Gasteiger partial charge in [-0.1, -0.05) is 23.8 Å². The van der Waals surface area contributed by atoms with Gasteiger partial charge in [0.2, 0.25) is 0 Å². The molecule has 20 heavy (non-hydrogen) atoms. The van der Waals surface area contributed by atoms with Crippen molar-refractivity contribution < 1.29 is 4.92 Å². The molecule has 0 amide bonds. The van der Waals surface area contributed by atoms with E-state index in [1.165, 1.54) is 16.0 Å². The van der Waals surface area contributed by atoms with E-state index in [2.05, 4.69) is 32.0 Å². The molecule has 4 nitrogen and oxygen atoms in total. The number of nitrogens with two attached hydrogens (primary N) is 1. The van der Waals surface area contributed by atoms with Gasteiger partial charge in [0.05, 0.1) is 4.92 Å². The molecule has 5 heteroatoms. The highest BCUT2D eigenvalue weighted by atomic mass is 32.2. The van der Waals surface area contributed by atoms with Crippen molar-refractivity contribution in [2.24, 2.45) is 0 Å². The Morgan fingerprint density at radius 2 is 1.95 bits per heavy atom. The van der Waals surface area contributed by atoms with Gasteiger partial charge < -0.3 is 5.73 Å². The molecular formula is C15H16N2O2S. The van der Waals surface area contributed by atoms with Crippen LogP contribution in [0.5, 0.6) is 0 Å². The lowest BCUT2D eigenvalue weighted by Gasteiger charge is -2.07. The third-order valence-electron chi connectivity index (χ3n) is 3.03. The van der Waals surface area contributed by atoms with Crippen molar-refractivity contribution in [3.8, 4) is 0 Å². The molecule has 104 valence electrons. The van der Waals surface area contributed by atoms with Gasteiger partial charge in [-0.3, -0.25) is 10.1 Å². The summed E-state index contributed by atoms with van der Waals surface area (Å²) in [4.78, 5) is 11.6. The minimum atomic E-state index is -0.443. The number of nitro groups is 1. The number of hydrogen-bond acceptors (Lipinski definition) is 4. The van der Waals surface area contributed by atoms with Crippen LogP contribution in [0.25, 0.3) is 0 Å². The van der Waals surface area contributed by atoms with Gasteiger partial charge >= 0.3 is 0 Å². The highest BCUT2D eigenvalue weighted by molar-refractivity contribution is 7.98. The van der Waals surface area contributed by atoms with Crippen LogP contribution in [0, 0.1) is 24.0 Å². The summed E-state index contributed by atoms with van der Waals surface area (Å²) in [5.41, 5.74) is 9.10. The fraction of sp³-hybridized carbons (Fsp3) is 0.200. The van der Waals surface area contributed by atoms with Crippen molar-refractivity contribution in [1.29, 1.82) is 0 Å². The molecule has 2 rings (SSSR count). The van der Waals surface area contributed by atoms with Gasteiger partial charge in [0, 0.05) is 16.7 Å². The lowest BCUT2D eigenvalue weighted by atomic mass is 10.2.